The summed E-state index contributed by atoms with van der Waals surface area (Å²) in [6.07, 6.45) is 2.44. The van der Waals surface area contributed by atoms with Crippen molar-refractivity contribution in [3.05, 3.63) is 53.4 Å². The zero-order valence-corrected chi connectivity index (χ0v) is 22.1. The third-order valence-electron chi connectivity index (χ3n) is 6.14. The quantitative estimate of drug-likeness (QED) is 0.261. The van der Waals surface area contributed by atoms with Gasteiger partial charge in [-0.05, 0) is 24.8 Å². The van der Waals surface area contributed by atoms with Gasteiger partial charge in [0.05, 0.1) is 33.0 Å². The summed E-state index contributed by atoms with van der Waals surface area (Å²) in [5.74, 6) is -1.08. The van der Waals surface area contributed by atoms with Gasteiger partial charge in [0.1, 0.15) is 6.04 Å². The fourth-order valence-corrected chi connectivity index (χ4v) is 3.96. The molecule has 11 nitrogen and oxygen atoms in total. The number of hydrogen-bond donors (Lipinski definition) is 2. The number of hydrogen-bond acceptors (Lipinski definition) is 9. The predicted octanol–water partition coefficient (Wildman–Crippen LogP) is 1.71. The first-order valence-corrected chi connectivity index (χ1v) is 13.1. The number of methoxy groups -OCH3 is 1. The maximum Gasteiger partial charge on any atom is 0.331 e. The summed E-state index contributed by atoms with van der Waals surface area (Å²) in [5, 5.41) is 9.34. The van der Waals surface area contributed by atoms with E-state index in [2.05, 4.69) is 20.7 Å². The molecular formula is C27H38N4O7. The second-order valence-corrected chi connectivity index (χ2v) is 9.15. The van der Waals surface area contributed by atoms with E-state index in [0.717, 1.165) is 31.5 Å². The number of morpholine rings is 1. The molecule has 1 aliphatic heterocycles. The van der Waals surface area contributed by atoms with Gasteiger partial charge in [-0.15, -0.1) is 0 Å². The van der Waals surface area contributed by atoms with Gasteiger partial charge in [0.15, 0.2) is 17.5 Å². The number of benzene rings is 1. The molecule has 0 radical (unpaired) electrons. The van der Waals surface area contributed by atoms with Crippen molar-refractivity contribution in [1.82, 2.24) is 20.7 Å². The molecular weight excluding hydrogens is 492 g/mol. The van der Waals surface area contributed by atoms with E-state index in [0.29, 0.717) is 38.4 Å². The standard InChI is InChI=1S/C27H38N4O7/c1-3-4-14-37-27(34)24(19-35-2)29-25(32)22(11-10-20-8-6-5-7-9-20)28-26(33)23-17-21(38-30-23)18-31-12-15-36-16-13-31/h5-9,17,22,24H,3-4,10-16,18-19H2,1-2H3,(H,28,33)(H,29,32)/t22-,24-/m0/s1. The number of aryl methyl sites for hydroxylation is 1. The van der Waals surface area contributed by atoms with Crippen LogP contribution in [0.1, 0.15) is 48.0 Å². The molecule has 0 aliphatic carbocycles. The van der Waals surface area contributed by atoms with Gasteiger partial charge in [-0.25, -0.2) is 4.79 Å². The molecule has 11 heteroatoms. The first-order valence-electron chi connectivity index (χ1n) is 13.1. The number of carbonyl (C=O) groups is 3. The number of aromatic nitrogens is 1. The molecule has 0 spiro atoms. The lowest BCUT2D eigenvalue weighted by Gasteiger charge is -2.25. The van der Waals surface area contributed by atoms with Crippen LogP contribution in [0.5, 0.6) is 0 Å². The zero-order chi connectivity index (χ0) is 27.2. The maximum atomic E-state index is 13.3. The monoisotopic (exact) mass is 530 g/mol. The van der Waals surface area contributed by atoms with E-state index in [1.54, 1.807) is 6.07 Å². The van der Waals surface area contributed by atoms with Crippen LogP contribution in [0.25, 0.3) is 0 Å². The first-order chi connectivity index (χ1) is 18.5. The van der Waals surface area contributed by atoms with E-state index in [4.69, 9.17) is 18.7 Å². The minimum absolute atomic E-state index is 0.0514. The molecule has 2 amide bonds. The number of rotatable bonds is 15. The van der Waals surface area contributed by atoms with Crippen molar-refractivity contribution in [2.45, 2.75) is 51.2 Å². The minimum atomic E-state index is -0.993. The third-order valence-corrected chi connectivity index (χ3v) is 6.14. The van der Waals surface area contributed by atoms with Crippen molar-refractivity contribution < 1.29 is 33.1 Å². The van der Waals surface area contributed by atoms with Crippen LogP contribution in [0.15, 0.2) is 40.9 Å². The summed E-state index contributed by atoms with van der Waals surface area (Å²) in [6, 6.07) is 9.29. The van der Waals surface area contributed by atoms with Gasteiger partial charge in [-0.2, -0.15) is 0 Å². The van der Waals surface area contributed by atoms with Crippen LogP contribution in [0.2, 0.25) is 0 Å². The molecule has 1 aromatic carbocycles. The average Bonchev–Trinajstić information content (AvgIpc) is 3.40. The maximum absolute atomic E-state index is 13.3. The van der Waals surface area contributed by atoms with Crippen molar-refractivity contribution in [2.75, 3.05) is 46.6 Å². The molecule has 0 bridgehead atoms. The summed E-state index contributed by atoms with van der Waals surface area (Å²) >= 11 is 0. The SMILES string of the molecule is CCCCOC(=O)[C@H](COC)NC(=O)[C@H](CCc1ccccc1)NC(=O)c1cc(CN2CCOCC2)on1. The van der Waals surface area contributed by atoms with Crippen molar-refractivity contribution in [3.63, 3.8) is 0 Å². The first kappa shape index (κ1) is 29.3. The van der Waals surface area contributed by atoms with Crippen LogP contribution >= 0.6 is 0 Å². The highest BCUT2D eigenvalue weighted by atomic mass is 16.5. The Bertz CT molecular complexity index is 1010. The number of nitrogens with one attached hydrogen (secondary N) is 2. The van der Waals surface area contributed by atoms with Crippen molar-refractivity contribution in [1.29, 1.82) is 0 Å². The van der Waals surface area contributed by atoms with E-state index in [-0.39, 0.29) is 18.9 Å². The Morgan fingerprint density at radius 1 is 1.11 bits per heavy atom. The molecule has 208 valence electrons. The molecule has 1 saturated heterocycles. The molecule has 2 heterocycles. The average molecular weight is 531 g/mol. The summed E-state index contributed by atoms with van der Waals surface area (Å²) in [5.41, 5.74) is 1.10. The van der Waals surface area contributed by atoms with E-state index in [1.807, 2.05) is 37.3 Å². The Labute approximate surface area is 223 Å². The second kappa shape index (κ2) is 15.9. The largest absolute Gasteiger partial charge is 0.464 e. The lowest BCUT2D eigenvalue weighted by molar-refractivity contribution is -0.149. The highest BCUT2D eigenvalue weighted by molar-refractivity contribution is 5.96. The fraction of sp³-hybridized carbons (Fsp3) is 0.556. The molecule has 0 saturated carbocycles. The predicted molar refractivity (Wildman–Crippen MR) is 138 cm³/mol. The topological polar surface area (TPSA) is 132 Å². The smallest absolute Gasteiger partial charge is 0.331 e. The van der Waals surface area contributed by atoms with E-state index in [9.17, 15) is 14.4 Å². The van der Waals surface area contributed by atoms with E-state index < -0.39 is 29.9 Å². The molecule has 38 heavy (non-hydrogen) atoms. The zero-order valence-electron chi connectivity index (χ0n) is 22.1. The Kier molecular flexibility index (Phi) is 12.2. The highest BCUT2D eigenvalue weighted by Crippen LogP contribution is 2.11. The molecule has 3 rings (SSSR count). The molecule has 2 aromatic rings. The molecule has 1 aromatic heterocycles. The normalized spacial score (nSPS) is 15.4. The number of ether oxygens (including phenoxy) is 3. The lowest BCUT2D eigenvalue weighted by atomic mass is 10.0. The van der Waals surface area contributed by atoms with Crippen LogP contribution in [-0.2, 0) is 36.8 Å². The van der Waals surface area contributed by atoms with Crippen LogP contribution in [0.4, 0.5) is 0 Å². The van der Waals surface area contributed by atoms with Crippen LogP contribution < -0.4 is 10.6 Å². The van der Waals surface area contributed by atoms with Gasteiger partial charge >= 0.3 is 5.97 Å². The molecule has 1 aliphatic rings. The molecule has 2 N–H and O–H groups in total. The number of nitrogens with zero attached hydrogens (tertiary/aromatic N) is 2. The van der Waals surface area contributed by atoms with Gasteiger partial charge in [0.2, 0.25) is 5.91 Å². The molecule has 2 atom stereocenters. The number of unbranched alkanes of at least 4 members (excludes halogenated alkanes) is 1. The highest BCUT2D eigenvalue weighted by Gasteiger charge is 2.29. The summed E-state index contributed by atoms with van der Waals surface area (Å²) in [6.45, 7) is 5.55. The third kappa shape index (κ3) is 9.55. The van der Waals surface area contributed by atoms with Crippen LogP contribution in [0.3, 0.4) is 0 Å². The van der Waals surface area contributed by atoms with Crippen molar-refractivity contribution in [3.8, 4) is 0 Å². The van der Waals surface area contributed by atoms with Crippen molar-refractivity contribution >= 4 is 17.8 Å². The Morgan fingerprint density at radius 3 is 2.58 bits per heavy atom. The Morgan fingerprint density at radius 2 is 1.87 bits per heavy atom. The Balaban J connectivity index is 1.66. The number of carbonyl (C=O) groups excluding carboxylic acids is 3. The van der Waals surface area contributed by atoms with Crippen LogP contribution in [-0.4, -0.2) is 86.6 Å². The molecule has 1 fully saturated rings. The minimum Gasteiger partial charge on any atom is -0.464 e. The second-order valence-electron chi connectivity index (χ2n) is 9.15. The molecule has 0 unspecified atom stereocenters. The summed E-state index contributed by atoms with van der Waals surface area (Å²) < 4.78 is 21.1. The van der Waals surface area contributed by atoms with Gasteiger partial charge in [0.25, 0.3) is 5.91 Å². The van der Waals surface area contributed by atoms with Crippen molar-refractivity contribution in [2.24, 2.45) is 0 Å². The van der Waals surface area contributed by atoms with Gasteiger partial charge < -0.3 is 29.4 Å². The number of amides is 2. The summed E-state index contributed by atoms with van der Waals surface area (Å²) in [7, 11) is 1.44. The number of esters is 1. The van der Waals surface area contributed by atoms with Gasteiger partial charge in [0, 0.05) is 26.3 Å². The van der Waals surface area contributed by atoms with E-state index in [1.165, 1.54) is 7.11 Å². The van der Waals surface area contributed by atoms with Gasteiger partial charge in [-0.3, -0.25) is 14.5 Å². The fourth-order valence-electron chi connectivity index (χ4n) is 3.96. The lowest BCUT2D eigenvalue weighted by Crippen LogP contribution is -2.53. The van der Waals surface area contributed by atoms with Gasteiger partial charge in [-0.1, -0.05) is 48.8 Å². The van der Waals surface area contributed by atoms with E-state index >= 15 is 0 Å². The Hall–Kier alpha value is -3.28. The van der Waals surface area contributed by atoms with Crippen LogP contribution in [0, 0.1) is 0 Å². The summed E-state index contributed by atoms with van der Waals surface area (Å²) in [4.78, 5) is 41.0.